The first-order valence-electron chi connectivity index (χ1n) is 13.1. The fraction of sp³-hybridized carbons (Fsp3) is 0.621. The largest absolute Gasteiger partial charge is 0.450 e. The summed E-state index contributed by atoms with van der Waals surface area (Å²) in [6.07, 6.45) is 4.23. The highest BCUT2D eigenvalue weighted by Crippen LogP contribution is 2.72. The van der Waals surface area contributed by atoms with E-state index in [2.05, 4.69) is 41.7 Å². The Balaban J connectivity index is 1.52. The van der Waals surface area contributed by atoms with Crippen LogP contribution in [0.4, 0.5) is 0 Å². The predicted molar refractivity (Wildman–Crippen MR) is 138 cm³/mol. The summed E-state index contributed by atoms with van der Waals surface area (Å²) >= 11 is 3.37. The quantitative estimate of drug-likeness (QED) is 0.408. The van der Waals surface area contributed by atoms with E-state index in [9.17, 15) is 14.7 Å². The number of allylic oxidation sites excluding steroid dienone is 1. The number of hydrogen-bond donors (Lipinski definition) is 1. The molecule has 2 heterocycles. The highest BCUT2D eigenvalue weighted by Gasteiger charge is 2.77. The zero-order chi connectivity index (χ0) is 26.7. The molecule has 3 fully saturated rings. The molecule has 2 saturated carbocycles. The number of nitrogens with zero attached hydrogens (tertiary/aromatic N) is 1. The van der Waals surface area contributed by atoms with E-state index in [1.54, 1.807) is 26.0 Å². The number of rotatable bonds is 2. The Morgan fingerprint density at radius 2 is 2.00 bits per heavy atom. The lowest BCUT2D eigenvalue weighted by molar-refractivity contribution is -0.302. The van der Waals surface area contributed by atoms with E-state index in [0.29, 0.717) is 16.0 Å². The second-order valence-electron chi connectivity index (χ2n) is 12.6. The number of ketones is 1. The van der Waals surface area contributed by atoms with E-state index in [1.807, 2.05) is 19.1 Å². The van der Waals surface area contributed by atoms with Gasteiger partial charge in [-0.25, -0.2) is 9.78 Å². The van der Waals surface area contributed by atoms with Crippen LogP contribution >= 0.6 is 15.9 Å². The van der Waals surface area contributed by atoms with Gasteiger partial charge in [-0.1, -0.05) is 32.9 Å². The molecule has 1 spiro atoms. The van der Waals surface area contributed by atoms with Crippen LogP contribution in [-0.2, 0) is 19.0 Å². The Kier molecular flexibility index (Phi) is 5.38. The van der Waals surface area contributed by atoms with Crippen molar-refractivity contribution in [1.29, 1.82) is 0 Å². The maximum absolute atomic E-state index is 14.7. The lowest BCUT2D eigenvalue weighted by atomic mass is 9.59. The molecule has 0 amide bonds. The van der Waals surface area contributed by atoms with Crippen molar-refractivity contribution in [1.82, 2.24) is 4.98 Å². The molecule has 4 aliphatic carbocycles. The number of Topliss-reactive ketones (excluding diaryl/α,β-unsaturated/α-hetero) is 1. The summed E-state index contributed by atoms with van der Waals surface area (Å²) in [6.45, 7) is 12.2. The summed E-state index contributed by atoms with van der Waals surface area (Å²) in [5.41, 5.74) is -1.58. The minimum atomic E-state index is -1.84. The van der Waals surface area contributed by atoms with Crippen molar-refractivity contribution in [3.05, 3.63) is 51.8 Å². The maximum Gasteiger partial charge on any atom is 0.358 e. The zero-order valence-corrected chi connectivity index (χ0v) is 23.7. The molecule has 6 rings (SSSR count). The van der Waals surface area contributed by atoms with Gasteiger partial charge in [0, 0.05) is 12.1 Å². The fourth-order valence-electron chi connectivity index (χ4n) is 8.00. The summed E-state index contributed by atoms with van der Waals surface area (Å²) in [5.74, 6) is -1.68. The monoisotopic (exact) mass is 571 g/mol. The van der Waals surface area contributed by atoms with Gasteiger partial charge in [-0.3, -0.25) is 4.79 Å². The molecule has 7 nitrogen and oxygen atoms in total. The van der Waals surface area contributed by atoms with Crippen molar-refractivity contribution in [3.63, 3.8) is 0 Å². The number of aliphatic hydroxyl groups is 1. The van der Waals surface area contributed by atoms with Crippen LogP contribution in [0, 0.1) is 34.5 Å². The number of ether oxygens (including phenoxy) is 3. The topological polar surface area (TPSA) is 95.0 Å². The first kappa shape index (κ1) is 25.4. The molecule has 1 aromatic rings. The minimum absolute atomic E-state index is 0.0132. The van der Waals surface area contributed by atoms with Gasteiger partial charge in [0.05, 0.1) is 16.5 Å². The molecule has 5 aliphatic rings. The molecular formula is C29H34BrNO6. The molecule has 2 bridgehead atoms. The van der Waals surface area contributed by atoms with Crippen LogP contribution in [0.5, 0.6) is 0 Å². The van der Waals surface area contributed by atoms with Crippen molar-refractivity contribution in [2.75, 3.05) is 6.61 Å². The van der Waals surface area contributed by atoms with E-state index >= 15 is 0 Å². The SMILES string of the molecule is CC1=C[C@]23C(=O)[C@@H](C=C4COC(C)(C)O[C@H]4[C@]2(O)[C@H]1OC(=O)c1ncccc1Br)[C@H]1[C@@H](C[C@H]3C)C1(C)C. The molecule has 0 aromatic carbocycles. The number of hydrogen-bond acceptors (Lipinski definition) is 7. The Labute approximate surface area is 225 Å². The molecular weight excluding hydrogens is 538 g/mol. The van der Waals surface area contributed by atoms with Gasteiger partial charge >= 0.3 is 5.97 Å². The summed E-state index contributed by atoms with van der Waals surface area (Å²) in [5, 5.41) is 13.0. The average molecular weight is 572 g/mol. The highest BCUT2D eigenvalue weighted by atomic mass is 79.9. The Hall–Kier alpha value is -1.87. The number of fused-ring (bicyclic) bond motifs is 5. The standard InChI is InChI=1S/C29H34BrNO6/c1-14-12-28-15(2)10-18-20(26(18,3)4)17(22(28)32)11-16-13-35-27(5,6)37-24(16)29(28,34)23(14)36-25(33)21-19(30)8-7-9-31-21/h7-9,11-12,15,17-18,20,23-24,34H,10,13H2,1-6H3/t15-,17+,18-,20+,23+,24-,28+,29-/m1/s1. The van der Waals surface area contributed by atoms with Gasteiger partial charge in [0.15, 0.2) is 29.0 Å². The van der Waals surface area contributed by atoms with Crippen LogP contribution in [0.3, 0.4) is 0 Å². The van der Waals surface area contributed by atoms with Gasteiger partial charge in [0.2, 0.25) is 0 Å². The van der Waals surface area contributed by atoms with Crippen LogP contribution in [-0.4, -0.2) is 52.0 Å². The third-order valence-electron chi connectivity index (χ3n) is 9.85. The highest BCUT2D eigenvalue weighted by molar-refractivity contribution is 9.10. The van der Waals surface area contributed by atoms with Crippen LogP contribution < -0.4 is 0 Å². The first-order chi connectivity index (χ1) is 17.3. The molecule has 1 aliphatic heterocycles. The number of halogens is 1. The zero-order valence-electron chi connectivity index (χ0n) is 22.1. The number of carbonyl (C=O) groups is 2. The van der Waals surface area contributed by atoms with E-state index in [4.69, 9.17) is 14.2 Å². The van der Waals surface area contributed by atoms with E-state index in [1.165, 1.54) is 6.20 Å². The molecule has 1 saturated heterocycles. The van der Waals surface area contributed by atoms with Crippen LogP contribution in [0.1, 0.15) is 58.5 Å². The van der Waals surface area contributed by atoms with Crippen molar-refractivity contribution in [2.45, 2.75) is 71.6 Å². The summed E-state index contributed by atoms with van der Waals surface area (Å²) in [6, 6.07) is 3.42. The van der Waals surface area contributed by atoms with Gasteiger partial charge in [0.25, 0.3) is 0 Å². The van der Waals surface area contributed by atoms with Crippen LogP contribution in [0.2, 0.25) is 0 Å². The third-order valence-corrected chi connectivity index (χ3v) is 10.5. The van der Waals surface area contributed by atoms with Crippen molar-refractivity contribution in [3.8, 4) is 0 Å². The van der Waals surface area contributed by atoms with Crippen LogP contribution in [0.25, 0.3) is 0 Å². The fourth-order valence-corrected chi connectivity index (χ4v) is 8.42. The number of carbonyl (C=O) groups excluding carboxylic acids is 2. The molecule has 8 atom stereocenters. The molecule has 0 radical (unpaired) electrons. The molecule has 1 aromatic heterocycles. The summed E-state index contributed by atoms with van der Waals surface area (Å²) in [7, 11) is 0. The van der Waals surface area contributed by atoms with Gasteiger partial charge in [-0.2, -0.15) is 0 Å². The number of aromatic nitrogens is 1. The van der Waals surface area contributed by atoms with Gasteiger partial charge < -0.3 is 19.3 Å². The molecule has 198 valence electrons. The molecule has 0 unspecified atom stereocenters. The molecule has 1 N–H and O–H groups in total. The smallest absolute Gasteiger partial charge is 0.358 e. The molecule has 8 heteroatoms. The van der Waals surface area contributed by atoms with Crippen molar-refractivity contribution in [2.24, 2.45) is 34.5 Å². The van der Waals surface area contributed by atoms with Crippen LogP contribution in [0.15, 0.2) is 46.1 Å². The first-order valence-corrected chi connectivity index (χ1v) is 13.8. The van der Waals surface area contributed by atoms with Gasteiger partial charge in [-0.05, 0) is 89.6 Å². The maximum atomic E-state index is 14.7. The Bertz CT molecular complexity index is 1270. The van der Waals surface area contributed by atoms with E-state index < -0.39 is 35.0 Å². The summed E-state index contributed by atoms with van der Waals surface area (Å²) in [4.78, 5) is 32.3. The van der Waals surface area contributed by atoms with E-state index in [0.717, 1.165) is 12.0 Å². The second kappa shape index (κ2) is 7.84. The summed E-state index contributed by atoms with van der Waals surface area (Å²) < 4.78 is 19.0. The Morgan fingerprint density at radius 1 is 1.27 bits per heavy atom. The van der Waals surface area contributed by atoms with Gasteiger partial charge in [-0.15, -0.1) is 0 Å². The lowest BCUT2D eigenvalue weighted by Crippen LogP contribution is -2.68. The lowest BCUT2D eigenvalue weighted by Gasteiger charge is -2.52. The van der Waals surface area contributed by atoms with Gasteiger partial charge in [0.1, 0.15) is 6.10 Å². The average Bonchev–Trinajstić information content (AvgIpc) is 3.31. The van der Waals surface area contributed by atoms with Crippen molar-refractivity contribution >= 4 is 27.7 Å². The number of pyridine rings is 1. The van der Waals surface area contributed by atoms with Crippen molar-refractivity contribution < 1.29 is 28.9 Å². The number of esters is 1. The Morgan fingerprint density at radius 3 is 2.70 bits per heavy atom. The normalized spacial score (nSPS) is 42.8. The predicted octanol–water partition coefficient (Wildman–Crippen LogP) is 4.64. The molecule has 37 heavy (non-hydrogen) atoms. The minimum Gasteiger partial charge on any atom is -0.450 e. The third kappa shape index (κ3) is 3.25. The second-order valence-corrected chi connectivity index (χ2v) is 13.5. The van der Waals surface area contributed by atoms with E-state index in [-0.39, 0.29) is 41.3 Å².